The molecule has 0 saturated carbocycles. The molecule has 0 saturated heterocycles. The van der Waals surface area contributed by atoms with E-state index in [4.69, 9.17) is 0 Å². The van der Waals surface area contributed by atoms with Crippen LogP contribution in [0.1, 0.15) is 47.5 Å². The van der Waals surface area contributed by atoms with E-state index in [0.29, 0.717) is 0 Å². The van der Waals surface area contributed by atoms with Gasteiger partial charge in [-0.2, -0.15) is 0 Å². The second-order valence-electron chi connectivity index (χ2n) is 4.59. The van der Waals surface area contributed by atoms with Crippen molar-refractivity contribution in [2.24, 2.45) is 5.92 Å². The lowest BCUT2D eigenvalue weighted by molar-refractivity contribution is 0.313. The lowest BCUT2D eigenvalue weighted by Gasteiger charge is -2.14. The van der Waals surface area contributed by atoms with Gasteiger partial charge in [0.15, 0.2) is 0 Å². The van der Waals surface area contributed by atoms with Crippen LogP contribution < -0.4 is 0 Å². The zero-order valence-electron chi connectivity index (χ0n) is 11.3. The Morgan fingerprint density at radius 3 is 2.31 bits per heavy atom. The molecule has 0 fully saturated rings. The second kappa shape index (κ2) is 7.43. The Morgan fingerprint density at radius 2 is 1.94 bits per heavy atom. The lowest BCUT2D eigenvalue weighted by Crippen LogP contribution is -2.07. The summed E-state index contributed by atoms with van der Waals surface area (Å²) in [4.78, 5) is 0. The Labute approximate surface area is 99.9 Å². The third-order valence-electron chi connectivity index (χ3n) is 2.75. The molecule has 0 aliphatic heterocycles. The first-order valence-corrected chi connectivity index (χ1v) is 6.11. The van der Waals surface area contributed by atoms with Crippen LogP contribution in [0.4, 0.5) is 4.39 Å². The van der Waals surface area contributed by atoms with Crippen molar-refractivity contribution in [3.05, 3.63) is 35.5 Å². The maximum Gasteiger partial charge on any atom is 0.121 e. The van der Waals surface area contributed by atoms with Crippen molar-refractivity contribution in [3.63, 3.8) is 0 Å². The first-order valence-electron chi connectivity index (χ1n) is 6.11. The number of alkyl halides is 1. The quantitative estimate of drug-likeness (QED) is 0.542. The van der Waals surface area contributed by atoms with Gasteiger partial charge in [0.05, 0.1) is 0 Å². The van der Waals surface area contributed by atoms with E-state index in [2.05, 4.69) is 13.5 Å². The molecular formula is C15H25F. The van der Waals surface area contributed by atoms with Crippen molar-refractivity contribution in [2.75, 3.05) is 0 Å². The summed E-state index contributed by atoms with van der Waals surface area (Å²) in [5.41, 5.74) is 3.15. The van der Waals surface area contributed by atoms with Gasteiger partial charge in [-0.25, -0.2) is 4.39 Å². The van der Waals surface area contributed by atoms with Crippen LogP contribution in [0.3, 0.4) is 0 Å². The molecule has 0 N–H and O–H groups in total. The molecule has 0 aliphatic carbocycles. The number of rotatable bonds is 6. The minimum absolute atomic E-state index is 0.0223. The molecule has 0 rings (SSSR count). The molecule has 92 valence electrons. The summed E-state index contributed by atoms with van der Waals surface area (Å²) in [7, 11) is 0. The third kappa shape index (κ3) is 4.78. The van der Waals surface area contributed by atoms with E-state index in [0.717, 1.165) is 29.6 Å². The highest BCUT2D eigenvalue weighted by atomic mass is 19.1. The molecule has 0 nitrogen and oxygen atoms in total. The van der Waals surface area contributed by atoms with E-state index in [1.54, 1.807) is 6.08 Å². The molecule has 1 atom stereocenters. The Hall–Kier alpha value is -0.850. The molecule has 0 aromatic carbocycles. The van der Waals surface area contributed by atoms with E-state index in [-0.39, 0.29) is 5.92 Å². The molecule has 0 aromatic rings. The van der Waals surface area contributed by atoms with E-state index in [1.807, 2.05) is 33.8 Å². The summed E-state index contributed by atoms with van der Waals surface area (Å²) in [6, 6.07) is 0. The predicted molar refractivity (Wildman–Crippen MR) is 71.3 cm³/mol. The maximum atomic E-state index is 13.7. The summed E-state index contributed by atoms with van der Waals surface area (Å²) in [6.07, 6.45) is 4.82. The monoisotopic (exact) mass is 224 g/mol. The minimum atomic E-state index is -0.890. The Morgan fingerprint density at radius 1 is 1.38 bits per heavy atom. The molecule has 0 aliphatic rings. The van der Waals surface area contributed by atoms with Gasteiger partial charge in [0.2, 0.25) is 0 Å². The van der Waals surface area contributed by atoms with E-state index in [9.17, 15) is 4.39 Å². The number of hydrogen-bond donors (Lipinski definition) is 0. The topological polar surface area (TPSA) is 0 Å². The largest absolute Gasteiger partial charge is 0.243 e. The molecular weight excluding hydrogens is 199 g/mol. The van der Waals surface area contributed by atoms with Crippen molar-refractivity contribution in [1.29, 1.82) is 0 Å². The summed E-state index contributed by atoms with van der Waals surface area (Å²) < 4.78 is 13.7. The maximum absolute atomic E-state index is 13.7. The zero-order valence-corrected chi connectivity index (χ0v) is 11.3. The van der Waals surface area contributed by atoms with Gasteiger partial charge >= 0.3 is 0 Å². The standard InChI is InChI=1S/C15H25F/c1-7-9-13(6)14(12(5)8-2)10-15(16)11(3)4/h8,10-11,15H,6-7,9H2,1-5H3/b12-8-,14-10?. The first-order chi connectivity index (χ1) is 7.43. The summed E-state index contributed by atoms with van der Waals surface area (Å²) in [5.74, 6) is 0.0223. The van der Waals surface area contributed by atoms with Gasteiger partial charge in [0.25, 0.3) is 0 Å². The van der Waals surface area contributed by atoms with Crippen molar-refractivity contribution >= 4 is 0 Å². The number of halogens is 1. The highest BCUT2D eigenvalue weighted by molar-refractivity contribution is 5.44. The number of hydrogen-bond acceptors (Lipinski definition) is 0. The average Bonchev–Trinajstić information content (AvgIpc) is 2.24. The first kappa shape index (κ1) is 15.2. The van der Waals surface area contributed by atoms with E-state index >= 15 is 0 Å². The highest BCUT2D eigenvalue weighted by Crippen LogP contribution is 2.24. The number of allylic oxidation sites excluding steroid dienone is 5. The lowest BCUT2D eigenvalue weighted by atomic mass is 9.93. The van der Waals surface area contributed by atoms with Gasteiger partial charge < -0.3 is 0 Å². The van der Waals surface area contributed by atoms with Crippen molar-refractivity contribution in [2.45, 2.75) is 53.6 Å². The molecule has 1 heteroatoms. The molecule has 0 radical (unpaired) electrons. The van der Waals surface area contributed by atoms with E-state index in [1.165, 1.54) is 0 Å². The fraction of sp³-hybridized carbons (Fsp3) is 0.600. The highest BCUT2D eigenvalue weighted by Gasteiger charge is 2.12. The Bertz CT molecular complexity index is 282. The smallest absolute Gasteiger partial charge is 0.121 e. The van der Waals surface area contributed by atoms with Gasteiger partial charge in [-0.15, -0.1) is 0 Å². The van der Waals surface area contributed by atoms with Crippen molar-refractivity contribution in [1.82, 2.24) is 0 Å². The molecule has 0 bridgehead atoms. The van der Waals surface area contributed by atoms with Gasteiger partial charge in [0, 0.05) is 0 Å². The Kier molecular flexibility index (Phi) is 7.03. The fourth-order valence-corrected chi connectivity index (χ4v) is 1.47. The van der Waals surface area contributed by atoms with Crippen LogP contribution in [0.5, 0.6) is 0 Å². The van der Waals surface area contributed by atoms with Gasteiger partial charge in [-0.05, 0) is 49.0 Å². The molecule has 0 spiro atoms. The van der Waals surface area contributed by atoms with Crippen molar-refractivity contribution in [3.8, 4) is 0 Å². The molecule has 1 unspecified atom stereocenters. The minimum Gasteiger partial charge on any atom is -0.243 e. The van der Waals surface area contributed by atoms with Crippen LogP contribution in [0.15, 0.2) is 35.5 Å². The van der Waals surface area contributed by atoms with Gasteiger partial charge in [-0.3, -0.25) is 0 Å². The van der Waals surface area contributed by atoms with Gasteiger partial charge in [-0.1, -0.05) is 39.8 Å². The van der Waals surface area contributed by atoms with Crippen LogP contribution in [0, 0.1) is 5.92 Å². The summed E-state index contributed by atoms with van der Waals surface area (Å²) >= 11 is 0. The Balaban J connectivity index is 5.02. The van der Waals surface area contributed by atoms with Crippen LogP contribution in [-0.4, -0.2) is 6.17 Å². The molecule has 16 heavy (non-hydrogen) atoms. The normalized spacial score (nSPS) is 15.4. The van der Waals surface area contributed by atoms with Gasteiger partial charge in [0.1, 0.15) is 6.17 Å². The second-order valence-corrected chi connectivity index (χ2v) is 4.59. The van der Waals surface area contributed by atoms with E-state index < -0.39 is 6.17 Å². The summed E-state index contributed by atoms with van der Waals surface area (Å²) in [6.45, 7) is 13.9. The molecule has 0 aromatic heterocycles. The fourth-order valence-electron chi connectivity index (χ4n) is 1.47. The third-order valence-corrected chi connectivity index (χ3v) is 2.75. The molecule has 0 amide bonds. The van der Waals surface area contributed by atoms with Crippen LogP contribution >= 0.6 is 0 Å². The van der Waals surface area contributed by atoms with Crippen LogP contribution in [0.25, 0.3) is 0 Å². The van der Waals surface area contributed by atoms with Crippen molar-refractivity contribution < 1.29 is 4.39 Å². The zero-order chi connectivity index (χ0) is 12.7. The average molecular weight is 224 g/mol. The SMILES string of the molecule is C=C(CCC)C(=CC(F)C(C)C)/C(C)=C\C. The molecule has 0 heterocycles. The van der Waals surface area contributed by atoms with Crippen LogP contribution in [-0.2, 0) is 0 Å². The summed E-state index contributed by atoms with van der Waals surface area (Å²) in [5, 5.41) is 0. The van der Waals surface area contributed by atoms with Crippen LogP contribution in [0.2, 0.25) is 0 Å². The predicted octanol–water partition coefficient (Wildman–Crippen LogP) is 5.23.